The predicted molar refractivity (Wildman–Crippen MR) is 83.6 cm³/mol. The fourth-order valence-electron chi connectivity index (χ4n) is 1.88. The van der Waals surface area contributed by atoms with E-state index < -0.39 is 0 Å². The highest BCUT2D eigenvalue weighted by atomic mass is 32.2. The third-order valence-electron chi connectivity index (χ3n) is 3.00. The van der Waals surface area contributed by atoms with Gasteiger partial charge in [-0.3, -0.25) is 4.79 Å². The molecule has 0 spiro atoms. The second kappa shape index (κ2) is 11.3. The number of aldehydes is 1. The number of rotatable bonds is 11. The number of hydrogen-bond acceptors (Lipinski definition) is 3. The molecule has 112 valence electrons. The van der Waals surface area contributed by atoms with Crippen LogP contribution in [-0.2, 0) is 9.59 Å². The second-order valence-corrected chi connectivity index (χ2v) is 7.11. The van der Waals surface area contributed by atoms with Crippen molar-refractivity contribution in [1.82, 2.24) is 4.90 Å². The highest BCUT2D eigenvalue weighted by molar-refractivity contribution is 8.01. The monoisotopic (exact) mass is 287 g/mol. The van der Waals surface area contributed by atoms with Crippen LogP contribution in [0.4, 0.5) is 0 Å². The maximum absolute atomic E-state index is 12.0. The average Bonchev–Trinajstić information content (AvgIpc) is 2.36. The Kier molecular flexibility index (Phi) is 11.0. The topological polar surface area (TPSA) is 37.4 Å². The molecule has 0 aromatic heterocycles. The zero-order valence-electron chi connectivity index (χ0n) is 12.9. The molecule has 0 aliphatic carbocycles. The van der Waals surface area contributed by atoms with E-state index >= 15 is 0 Å². The molecule has 0 aromatic rings. The van der Waals surface area contributed by atoms with Crippen LogP contribution in [0.3, 0.4) is 0 Å². The van der Waals surface area contributed by atoms with Crippen LogP contribution in [0.1, 0.15) is 59.3 Å². The van der Waals surface area contributed by atoms with Crippen molar-refractivity contribution in [2.45, 2.75) is 69.8 Å². The van der Waals surface area contributed by atoms with Gasteiger partial charge in [0, 0.05) is 20.0 Å². The van der Waals surface area contributed by atoms with Crippen LogP contribution in [0.2, 0.25) is 0 Å². The Hall–Kier alpha value is -0.510. The summed E-state index contributed by atoms with van der Waals surface area (Å²) in [4.78, 5) is 24.7. The highest BCUT2D eigenvalue weighted by Gasteiger charge is 2.17. The van der Waals surface area contributed by atoms with Crippen molar-refractivity contribution < 1.29 is 9.59 Å². The Morgan fingerprint density at radius 1 is 1.21 bits per heavy atom. The van der Waals surface area contributed by atoms with E-state index in [9.17, 15) is 9.59 Å². The molecule has 0 heterocycles. The molecule has 0 fully saturated rings. The highest BCUT2D eigenvalue weighted by Crippen LogP contribution is 2.19. The third-order valence-corrected chi connectivity index (χ3v) is 4.17. The maximum atomic E-state index is 12.0. The Morgan fingerprint density at radius 3 is 2.37 bits per heavy atom. The first-order valence-corrected chi connectivity index (χ1v) is 8.30. The molecule has 0 aromatic carbocycles. The number of carbonyl (C=O) groups is 2. The standard InChI is InChI=1S/C15H29NO2S/c1-5-6-7-8-9-10-16(4)15(18)11-14(12-17)19-13(2)3/h12-14H,5-11H2,1-4H3. The first-order valence-electron chi connectivity index (χ1n) is 7.36. The number of thioether (sulfide) groups is 1. The largest absolute Gasteiger partial charge is 0.346 e. The average molecular weight is 287 g/mol. The molecular weight excluding hydrogens is 258 g/mol. The van der Waals surface area contributed by atoms with Crippen LogP contribution in [0.25, 0.3) is 0 Å². The second-order valence-electron chi connectivity index (χ2n) is 5.29. The van der Waals surface area contributed by atoms with Gasteiger partial charge in [-0.2, -0.15) is 0 Å². The van der Waals surface area contributed by atoms with Crippen LogP contribution in [0.15, 0.2) is 0 Å². The number of nitrogens with zero attached hydrogens (tertiary/aromatic N) is 1. The minimum absolute atomic E-state index is 0.0840. The van der Waals surface area contributed by atoms with Gasteiger partial charge in [0.25, 0.3) is 0 Å². The van der Waals surface area contributed by atoms with Crippen molar-refractivity contribution in [3.8, 4) is 0 Å². The van der Waals surface area contributed by atoms with E-state index in [1.165, 1.54) is 25.7 Å². The summed E-state index contributed by atoms with van der Waals surface area (Å²) in [5.41, 5.74) is 0. The summed E-state index contributed by atoms with van der Waals surface area (Å²) in [5, 5.41) is 0.178. The molecular formula is C15H29NO2S. The van der Waals surface area contributed by atoms with Gasteiger partial charge >= 0.3 is 0 Å². The molecule has 0 saturated carbocycles. The Morgan fingerprint density at radius 2 is 1.84 bits per heavy atom. The summed E-state index contributed by atoms with van der Waals surface area (Å²) in [6.07, 6.45) is 7.24. The van der Waals surface area contributed by atoms with E-state index in [1.807, 2.05) is 20.9 Å². The van der Waals surface area contributed by atoms with Crippen LogP contribution in [-0.4, -0.2) is 41.2 Å². The molecule has 1 atom stereocenters. The molecule has 4 heteroatoms. The SMILES string of the molecule is CCCCCCCN(C)C(=O)CC(C=O)SC(C)C. The summed E-state index contributed by atoms with van der Waals surface area (Å²) in [6.45, 7) is 7.09. The summed E-state index contributed by atoms with van der Waals surface area (Å²) < 4.78 is 0. The van der Waals surface area contributed by atoms with E-state index in [2.05, 4.69) is 6.92 Å². The fraction of sp³-hybridized carbons (Fsp3) is 0.867. The molecule has 0 aliphatic rings. The first kappa shape index (κ1) is 18.5. The Bertz CT molecular complexity index is 257. The van der Waals surface area contributed by atoms with Crippen LogP contribution in [0, 0.1) is 0 Å². The Balaban J connectivity index is 3.87. The van der Waals surface area contributed by atoms with E-state index in [0.29, 0.717) is 11.7 Å². The lowest BCUT2D eigenvalue weighted by molar-refractivity contribution is -0.130. The Labute approximate surface area is 122 Å². The first-order chi connectivity index (χ1) is 9.01. The predicted octanol–water partition coefficient (Wildman–Crippen LogP) is 3.51. The van der Waals surface area contributed by atoms with E-state index in [-0.39, 0.29) is 11.2 Å². The van der Waals surface area contributed by atoms with Gasteiger partial charge in [-0.05, 0) is 11.7 Å². The van der Waals surface area contributed by atoms with Crippen LogP contribution >= 0.6 is 11.8 Å². The fourth-order valence-corrected chi connectivity index (χ4v) is 2.89. The van der Waals surface area contributed by atoms with Crippen molar-refractivity contribution in [2.24, 2.45) is 0 Å². The molecule has 19 heavy (non-hydrogen) atoms. The van der Waals surface area contributed by atoms with E-state index in [0.717, 1.165) is 19.3 Å². The van der Waals surface area contributed by atoms with Crippen molar-refractivity contribution >= 4 is 24.0 Å². The molecule has 0 radical (unpaired) electrons. The zero-order chi connectivity index (χ0) is 14.7. The van der Waals surface area contributed by atoms with E-state index in [1.54, 1.807) is 16.7 Å². The molecule has 0 aliphatic heterocycles. The number of hydrogen-bond donors (Lipinski definition) is 0. The van der Waals surface area contributed by atoms with Crippen molar-refractivity contribution in [2.75, 3.05) is 13.6 Å². The quantitative estimate of drug-likeness (QED) is 0.431. The zero-order valence-corrected chi connectivity index (χ0v) is 13.7. The summed E-state index contributed by atoms with van der Waals surface area (Å²) in [7, 11) is 1.84. The summed E-state index contributed by atoms with van der Waals surface area (Å²) in [5.74, 6) is 0.0840. The number of amides is 1. The lowest BCUT2D eigenvalue weighted by atomic mass is 10.1. The van der Waals surface area contributed by atoms with Gasteiger partial charge in [-0.15, -0.1) is 11.8 Å². The third kappa shape index (κ3) is 10.00. The lowest BCUT2D eigenvalue weighted by Crippen LogP contribution is -2.30. The van der Waals surface area contributed by atoms with Crippen molar-refractivity contribution in [3.05, 3.63) is 0 Å². The van der Waals surface area contributed by atoms with Gasteiger partial charge in [-0.25, -0.2) is 0 Å². The summed E-state index contributed by atoms with van der Waals surface area (Å²) >= 11 is 1.56. The molecule has 0 saturated heterocycles. The van der Waals surface area contributed by atoms with Gasteiger partial charge < -0.3 is 9.69 Å². The minimum Gasteiger partial charge on any atom is -0.346 e. The van der Waals surface area contributed by atoms with Gasteiger partial charge in [0.1, 0.15) is 6.29 Å². The van der Waals surface area contributed by atoms with Gasteiger partial charge in [0.05, 0.1) is 5.25 Å². The molecule has 3 nitrogen and oxygen atoms in total. The van der Waals surface area contributed by atoms with Gasteiger partial charge in [0.2, 0.25) is 5.91 Å². The van der Waals surface area contributed by atoms with Gasteiger partial charge in [0.15, 0.2) is 0 Å². The molecule has 1 amide bonds. The van der Waals surface area contributed by atoms with Crippen LogP contribution < -0.4 is 0 Å². The van der Waals surface area contributed by atoms with Gasteiger partial charge in [-0.1, -0.05) is 46.5 Å². The molecule has 0 rings (SSSR count). The van der Waals surface area contributed by atoms with Crippen LogP contribution in [0.5, 0.6) is 0 Å². The van der Waals surface area contributed by atoms with Crippen molar-refractivity contribution in [1.29, 1.82) is 0 Å². The minimum atomic E-state index is -0.199. The molecule has 0 bridgehead atoms. The summed E-state index contributed by atoms with van der Waals surface area (Å²) in [6, 6.07) is 0. The smallest absolute Gasteiger partial charge is 0.223 e. The lowest BCUT2D eigenvalue weighted by Gasteiger charge is -2.19. The molecule has 0 N–H and O–H groups in total. The number of carbonyl (C=O) groups excluding carboxylic acids is 2. The maximum Gasteiger partial charge on any atom is 0.223 e. The van der Waals surface area contributed by atoms with E-state index in [4.69, 9.17) is 0 Å². The molecule has 1 unspecified atom stereocenters. The normalized spacial score (nSPS) is 12.5. The van der Waals surface area contributed by atoms with Crippen molar-refractivity contribution in [3.63, 3.8) is 0 Å². The number of unbranched alkanes of at least 4 members (excludes halogenated alkanes) is 4.